The number of allylic oxidation sites excluding steroid dienone is 2. The monoisotopic (exact) mass is 435 g/mol. The van der Waals surface area contributed by atoms with E-state index in [1.807, 2.05) is 30.3 Å². The van der Waals surface area contributed by atoms with Gasteiger partial charge in [-0.05, 0) is 36.1 Å². The Morgan fingerprint density at radius 2 is 1.91 bits per heavy atom. The third kappa shape index (κ3) is 3.82. The van der Waals surface area contributed by atoms with Crippen molar-refractivity contribution < 1.29 is 28.9 Å². The third-order valence-corrected chi connectivity index (χ3v) is 5.84. The van der Waals surface area contributed by atoms with E-state index in [4.69, 9.17) is 19.9 Å². The van der Waals surface area contributed by atoms with E-state index in [9.17, 15) is 14.7 Å². The molecule has 1 heterocycles. The third-order valence-electron chi connectivity index (χ3n) is 5.84. The van der Waals surface area contributed by atoms with Crippen molar-refractivity contribution in [1.29, 1.82) is 0 Å². The van der Waals surface area contributed by atoms with Gasteiger partial charge in [0, 0.05) is 18.4 Å². The number of carbonyl (C=O) groups excluding carboxylic acids is 2. The van der Waals surface area contributed by atoms with Crippen LogP contribution in [0, 0.1) is 0 Å². The molecule has 1 aliphatic carbocycles. The number of phenols is 1. The Morgan fingerprint density at radius 3 is 2.59 bits per heavy atom. The fourth-order valence-electron chi connectivity index (χ4n) is 4.38. The van der Waals surface area contributed by atoms with Crippen LogP contribution in [0.3, 0.4) is 0 Å². The zero-order valence-electron chi connectivity index (χ0n) is 18.0. The first-order valence-electron chi connectivity index (χ1n) is 10.5. The number of carbonyl (C=O) groups is 2. The minimum Gasteiger partial charge on any atom is -0.504 e. The highest BCUT2D eigenvalue weighted by Crippen LogP contribution is 2.48. The van der Waals surface area contributed by atoms with Gasteiger partial charge in [-0.2, -0.15) is 0 Å². The highest BCUT2D eigenvalue weighted by atomic mass is 16.5. The Balaban J connectivity index is 1.83. The van der Waals surface area contributed by atoms with Crippen LogP contribution in [0.1, 0.15) is 42.7 Å². The number of ether oxygens (including phenoxy) is 3. The molecule has 7 heteroatoms. The van der Waals surface area contributed by atoms with E-state index < -0.39 is 11.9 Å². The van der Waals surface area contributed by atoms with E-state index in [1.54, 1.807) is 19.1 Å². The van der Waals surface area contributed by atoms with Gasteiger partial charge in [-0.3, -0.25) is 4.79 Å². The molecule has 2 aromatic carbocycles. The zero-order valence-corrected chi connectivity index (χ0v) is 18.0. The van der Waals surface area contributed by atoms with Gasteiger partial charge in [0.15, 0.2) is 17.3 Å². The lowest BCUT2D eigenvalue weighted by molar-refractivity contribution is -0.139. The first-order valence-corrected chi connectivity index (χ1v) is 10.5. The summed E-state index contributed by atoms with van der Waals surface area (Å²) >= 11 is 0. The van der Waals surface area contributed by atoms with Crippen LogP contribution >= 0.6 is 0 Å². The molecule has 166 valence electrons. The van der Waals surface area contributed by atoms with Crippen LogP contribution < -0.4 is 10.5 Å². The van der Waals surface area contributed by atoms with Crippen molar-refractivity contribution in [3.05, 3.63) is 82.4 Å². The summed E-state index contributed by atoms with van der Waals surface area (Å²) in [5.74, 6) is -1.04. The van der Waals surface area contributed by atoms with Crippen molar-refractivity contribution in [2.24, 2.45) is 5.73 Å². The van der Waals surface area contributed by atoms with Gasteiger partial charge in [-0.25, -0.2) is 4.79 Å². The predicted octanol–water partition coefficient (Wildman–Crippen LogP) is 3.65. The molecule has 2 aromatic rings. The number of Topliss-reactive ketones (excluding diaryl/α,β-unsaturated/α-hetero) is 1. The largest absolute Gasteiger partial charge is 0.504 e. The molecule has 0 bridgehead atoms. The average Bonchev–Trinajstić information content (AvgIpc) is 2.79. The number of rotatable bonds is 5. The molecule has 3 N–H and O–H groups in total. The van der Waals surface area contributed by atoms with Gasteiger partial charge in [0.05, 0.1) is 19.6 Å². The first kappa shape index (κ1) is 21.5. The van der Waals surface area contributed by atoms with Crippen molar-refractivity contribution in [2.75, 3.05) is 13.7 Å². The van der Waals surface area contributed by atoms with Gasteiger partial charge in [-0.15, -0.1) is 0 Å². The Hall–Kier alpha value is -3.74. The molecule has 32 heavy (non-hydrogen) atoms. The number of hydrogen-bond acceptors (Lipinski definition) is 7. The van der Waals surface area contributed by atoms with E-state index in [2.05, 4.69) is 0 Å². The number of nitrogens with two attached hydrogens (primary N) is 1. The topological polar surface area (TPSA) is 108 Å². The van der Waals surface area contributed by atoms with Crippen molar-refractivity contribution in [2.45, 2.75) is 31.6 Å². The minimum absolute atomic E-state index is 0.0469. The van der Waals surface area contributed by atoms with Crippen LogP contribution in [0.4, 0.5) is 0 Å². The Morgan fingerprint density at radius 1 is 1.16 bits per heavy atom. The van der Waals surface area contributed by atoms with Gasteiger partial charge in [0.2, 0.25) is 5.88 Å². The van der Waals surface area contributed by atoms with E-state index >= 15 is 0 Å². The van der Waals surface area contributed by atoms with Crippen LogP contribution in [-0.2, 0) is 19.1 Å². The summed E-state index contributed by atoms with van der Waals surface area (Å²) in [6.45, 7) is 1.84. The van der Waals surface area contributed by atoms with E-state index in [1.165, 1.54) is 13.2 Å². The molecule has 0 spiro atoms. The molecule has 1 aliphatic heterocycles. The molecule has 0 amide bonds. The van der Waals surface area contributed by atoms with Crippen LogP contribution in [-0.4, -0.2) is 30.6 Å². The summed E-state index contributed by atoms with van der Waals surface area (Å²) in [5.41, 5.74) is 8.29. The van der Waals surface area contributed by atoms with Crippen LogP contribution in [0.2, 0.25) is 0 Å². The van der Waals surface area contributed by atoms with Crippen molar-refractivity contribution in [1.82, 2.24) is 0 Å². The molecule has 2 aliphatic rings. The zero-order chi connectivity index (χ0) is 22.8. The van der Waals surface area contributed by atoms with E-state index in [-0.39, 0.29) is 47.7 Å². The van der Waals surface area contributed by atoms with Gasteiger partial charge in [-0.1, -0.05) is 36.4 Å². The standard InChI is InChI=1S/C25H25NO6/c1-3-31-25(29)23-21(15-9-10-17(27)19(12-15)30-2)22-18(28)11-16(13-20(22)32-24(23)26)14-7-5-4-6-8-14/h4-10,12,16,21,27H,3,11,13,26H2,1-2H3/t16-,21-/m1/s1. The Labute approximate surface area is 186 Å². The fraction of sp³-hybridized carbons (Fsp3) is 0.280. The molecule has 7 nitrogen and oxygen atoms in total. The highest BCUT2D eigenvalue weighted by molar-refractivity contribution is 6.03. The van der Waals surface area contributed by atoms with Crippen LogP contribution in [0.5, 0.6) is 11.5 Å². The lowest BCUT2D eigenvalue weighted by atomic mass is 9.73. The Bertz CT molecular complexity index is 1120. The molecule has 0 radical (unpaired) electrons. The SMILES string of the molecule is CCOC(=O)C1=C(N)OC2=C(C(=O)C[C@@H](c3ccccc3)C2)[C@H]1c1ccc(O)c(OC)c1. The van der Waals surface area contributed by atoms with Gasteiger partial charge < -0.3 is 25.1 Å². The van der Waals surface area contributed by atoms with Crippen molar-refractivity contribution in [3.8, 4) is 11.5 Å². The fourth-order valence-corrected chi connectivity index (χ4v) is 4.38. The normalized spacial score (nSPS) is 20.5. The lowest BCUT2D eigenvalue weighted by Gasteiger charge is -2.35. The average molecular weight is 435 g/mol. The highest BCUT2D eigenvalue weighted by Gasteiger charge is 2.43. The molecule has 0 unspecified atom stereocenters. The smallest absolute Gasteiger partial charge is 0.340 e. The van der Waals surface area contributed by atoms with Crippen molar-refractivity contribution >= 4 is 11.8 Å². The van der Waals surface area contributed by atoms with Gasteiger partial charge >= 0.3 is 5.97 Å². The summed E-state index contributed by atoms with van der Waals surface area (Å²) < 4.78 is 16.3. The second-order valence-electron chi connectivity index (χ2n) is 7.74. The van der Waals surface area contributed by atoms with Crippen LogP contribution in [0.25, 0.3) is 0 Å². The maximum Gasteiger partial charge on any atom is 0.340 e. The number of aromatic hydroxyl groups is 1. The molecule has 0 fully saturated rings. The lowest BCUT2D eigenvalue weighted by Crippen LogP contribution is -2.33. The van der Waals surface area contributed by atoms with Gasteiger partial charge in [0.1, 0.15) is 11.3 Å². The van der Waals surface area contributed by atoms with Crippen molar-refractivity contribution in [3.63, 3.8) is 0 Å². The molecule has 0 aromatic heterocycles. The molecular weight excluding hydrogens is 410 g/mol. The summed E-state index contributed by atoms with van der Waals surface area (Å²) in [6, 6.07) is 14.5. The molecule has 0 saturated heterocycles. The second kappa shape index (κ2) is 8.78. The number of benzene rings is 2. The summed E-state index contributed by atoms with van der Waals surface area (Å²) in [7, 11) is 1.43. The maximum absolute atomic E-state index is 13.4. The number of phenolic OH excluding ortho intramolecular Hbond substituents is 1. The molecule has 0 saturated carbocycles. The predicted molar refractivity (Wildman–Crippen MR) is 117 cm³/mol. The second-order valence-corrected chi connectivity index (χ2v) is 7.74. The first-order chi connectivity index (χ1) is 15.4. The number of methoxy groups -OCH3 is 1. The number of ketones is 1. The summed E-state index contributed by atoms with van der Waals surface area (Å²) in [6.07, 6.45) is 0.765. The summed E-state index contributed by atoms with van der Waals surface area (Å²) in [5, 5.41) is 10.0. The summed E-state index contributed by atoms with van der Waals surface area (Å²) in [4.78, 5) is 26.2. The van der Waals surface area contributed by atoms with Crippen LogP contribution in [0.15, 0.2) is 71.3 Å². The molecule has 4 rings (SSSR count). The number of esters is 1. The van der Waals surface area contributed by atoms with Gasteiger partial charge in [0.25, 0.3) is 0 Å². The molecular formula is C25H25NO6. The quantitative estimate of drug-likeness (QED) is 0.690. The minimum atomic E-state index is -0.781. The number of hydrogen-bond donors (Lipinski definition) is 2. The Kier molecular flexibility index (Phi) is 5.90. The van der Waals surface area contributed by atoms with E-state index in [0.29, 0.717) is 23.3 Å². The van der Waals surface area contributed by atoms with E-state index in [0.717, 1.165) is 5.56 Å². The molecule has 2 atom stereocenters. The maximum atomic E-state index is 13.4.